The van der Waals surface area contributed by atoms with Crippen molar-refractivity contribution in [3.05, 3.63) is 53.6 Å². The molecule has 2 unspecified atom stereocenters. The molecular formula is C39H48IN5O8S. The Balaban J connectivity index is 1.23. The number of hydrogen-bond donors (Lipinski definition) is 1. The number of alkyl halides is 1. The predicted octanol–water partition coefficient (Wildman–Crippen LogP) is 5.02. The molecule has 0 radical (unpaired) electrons. The SMILES string of the molecule is COC(=O)N1CC23COCC2(C1)CN(C(=O)[C@]1(Cn2c(-c4ccc(OC)cc4)c(C4CCCCC4)c4ccc(C(=O)NS(=O)(=O)N(C)C)cc42)C[C@@H]1I)C3. The van der Waals surface area contributed by atoms with Crippen LogP contribution >= 0.6 is 22.6 Å². The number of halogens is 1. The summed E-state index contributed by atoms with van der Waals surface area (Å²) < 4.78 is 47.5. The van der Waals surface area contributed by atoms with Crippen LogP contribution in [0.5, 0.6) is 5.75 Å². The van der Waals surface area contributed by atoms with Gasteiger partial charge in [0.05, 0.1) is 38.5 Å². The number of benzene rings is 2. The van der Waals surface area contributed by atoms with E-state index >= 15 is 4.79 Å². The molecule has 1 N–H and O–H groups in total. The molecule has 290 valence electrons. The Hall–Kier alpha value is -3.41. The molecule has 2 saturated carbocycles. The molecule has 0 spiro atoms. The van der Waals surface area contributed by atoms with Crippen molar-refractivity contribution in [3.63, 3.8) is 0 Å². The zero-order valence-electron chi connectivity index (χ0n) is 31.2. The average Bonchev–Trinajstić information content (AvgIpc) is 3.42. The van der Waals surface area contributed by atoms with Gasteiger partial charge in [-0.3, -0.25) is 9.59 Å². The standard InChI is InChI=1S/C39H48IN5O8S/c1-42(2)54(49,50)41-34(46)27-12-15-29-30(16-27)45(33(26-10-13-28(51-3)14-11-26)32(29)25-8-6-5-7-9-25)22-39(17-31(39)40)35(47)43-18-37-20-44(36(48)52-4)21-38(37,19-43)24-53-23-37/h10-16,25,31H,5-9,17-24H2,1-4H3,(H,41,46)/t31-,37?,38?,39-/m0/s1. The van der Waals surface area contributed by atoms with Gasteiger partial charge in [0.1, 0.15) is 5.75 Å². The summed E-state index contributed by atoms with van der Waals surface area (Å²) in [6.07, 6.45) is 5.86. The lowest BCUT2D eigenvalue weighted by molar-refractivity contribution is -0.137. The highest BCUT2D eigenvalue weighted by Gasteiger charge is 2.70. The van der Waals surface area contributed by atoms with E-state index in [1.165, 1.54) is 33.2 Å². The number of ether oxygens (including phenoxy) is 3. The summed E-state index contributed by atoms with van der Waals surface area (Å²) in [6.45, 7) is 3.40. The highest BCUT2D eigenvalue weighted by molar-refractivity contribution is 14.1. The van der Waals surface area contributed by atoms with Crippen LogP contribution in [0.1, 0.15) is 60.4 Å². The van der Waals surface area contributed by atoms with Crippen LogP contribution in [0.3, 0.4) is 0 Å². The van der Waals surface area contributed by atoms with E-state index < -0.39 is 21.5 Å². The first-order chi connectivity index (χ1) is 25.8. The highest BCUT2D eigenvalue weighted by atomic mass is 127. The largest absolute Gasteiger partial charge is 0.497 e. The molecule has 5 fully saturated rings. The van der Waals surface area contributed by atoms with Gasteiger partial charge >= 0.3 is 16.3 Å². The molecule has 4 heterocycles. The third-order valence-corrected chi connectivity index (χ3v) is 15.9. The van der Waals surface area contributed by atoms with E-state index in [0.717, 1.165) is 57.9 Å². The topological polar surface area (TPSA) is 140 Å². The second-order valence-electron chi connectivity index (χ2n) is 16.2. The second kappa shape index (κ2) is 13.7. The maximum Gasteiger partial charge on any atom is 0.409 e. The summed E-state index contributed by atoms with van der Waals surface area (Å²) in [7, 11) is 1.76. The molecule has 2 aliphatic carbocycles. The van der Waals surface area contributed by atoms with Gasteiger partial charge in [-0.25, -0.2) is 9.52 Å². The van der Waals surface area contributed by atoms with Crippen molar-refractivity contribution >= 4 is 61.6 Å². The minimum atomic E-state index is -4.02. The summed E-state index contributed by atoms with van der Waals surface area (Å²) >= 11 is 2.42. The van der Waals surface area contributed by atoms with Gasteiger partial charge in [0.25, 0.3) is 5.91 Å². The molecule has 1 aromatic heterocycles. The second-order valence-corrected chi connectivity index (χ2v) is 19.6. The maximum atomic E-state index is 15.1. The van der Waals surface area contributed by atoms with Crippen LogP contribution in [0.4, 0.5) is 4.79 Å². The van der Waals surface area contributed by atoms with Crippen LogP contribution in [-0.2, 0) is 31.0 Å². The number of nitrogens with one attached hydrogen (secondary N) is 1. The van der Waals surface area contributed by atoms with Crippen molar-refractivity contribution in [2.45, 2.75) is 54.9 Å². The lowest BCUT2D eigenvalue weighted by Crippen LogP contribution is -2.44. The van der Waals surface area contributed by atoms with Gasteiger partial charge < -0.3 is 28.6 Å². The van der Waals surface area contributed by atoms with E-state index in [2.05, 4.69) is 44.0 Å². The number of amides is 3. The highest BCUT2D eigenvalue weighted by Crippen LogP contribution is 2.61. The minimum absolute atomic E-state index is 0.0803. The fraction of sp³-hybridized carbons (Fsp3) is 0.564. The number of fused-ring (bicyclic) bond motifs is 1. The number of hydrogen-bond acceptors (Lipinski definition) is 8. The lowest BCUT2D eigenvalue weighted by atomic mass is 9.71. The normalized spacial score (nSPS) is 28.0. The van der Waals surface area contributed by atoms with E-state index in [4.69, 9.17) is 14.2 Å². The Bertz CT molecular complexity index is 2100. The summed E-state index contributed by atoms with van der Waals surface area (Å²) in [4.78, 5) is 44.9. The fourth-order valence-corrected chi connectivity index (χ4v) is 11.6. The molecule has 5 aliphatic rings. The van der Waals surface area contributed by atoms with Crippen molar-refractivity contribution in [3.8, 4) is 17.0 Å². The Morgan fingerprint density at radius 2 is 1.57 bits per heavy atom. The van der Waals surface area contributed by atoms with Crippen molar-refractivity contribution in [1.29, 1.82) is 0 Å². The van der Waals surface area contributed by atoms with Crippen molar-refractivity contribution < 1.29 is 37.0 Å². The van der Waals surface area contributed by atoms with Crippen molar-refractivity contribution in [2.75, 3.05) is 67.7 Å². The average molecular weight is 874 g/mol. The van der Waals surface area contributed by atoms with E-state index in [0.29, 0.717) is 52.4 Å². The summed E-state index contributed by atoms with van der Waals surface area (Å²) in [6, 6.07) is 13.5. The van der Waals surface area contributed by atoms with Gasteiger partial charge in [-0.1, -0.05) is 47.9 Å². The van der Waals surface area contributed by atoms with E-state index in [-0.39, 0.29) is 38.2 Å². The number of methoxy groups -OCH3 is 2. The lowest BCUT2D eigenvalue weighted by Gasteiger charge is -2.30. The predicted molar refractivity (Wildman–Crippen MR) is 211 cm³/mol. The molecule has 0 bridgehead atoms. The molecule has 15 heteroatoms. The molecule has 2 aromatic carbocycles. The van der Waals surface area contributed by atoms with Crippen LogP contribution in [-0.4, -0.2) is 117 Å². The first kappa shape index (κ1) is 37.5. The quantitative estimate of drug-likeness (QED) is 0.234. The third-order valence-electron chi connectivity index (χ3n) is 12.9. The first-order valence-corrected chi connectivity index (χ1v) is 21.3. The molecular weight excluding hydrogens is 825 g/mol. The van der Waals surface area contributed by atoms with Crippen molar-refractivity contribution in [1.82, 2.24) is 23.4 Å². The zero-order chi connectivity index (χ0) is 38.2. The number of rotatable bonds is 9. The number of likely N-dealkylation sites (tertiary alicyclic amines) is 2. The van der Waals surface area contributed by atoms with Crippen LogP contribution in [0.2, 0.25) is 0 Å². The van der Waals surface area contributed by atoms with Gasteiger partial charge in [0, 0.05) is 78.0 Å². The minimum Gasteiger partial charge on any atom is -0.497 e. The number of aromatic nitrogens is 1. The molecule has 3 aliphatic heterocycles. The van der Waals surface area contributed by atoms with Gasteiger partial charge in [-0.05, 0) is 72.7 Å². The molecule has 4 atom stereocenters. The van der Waals surface area contributed by atoms with Crippen LogP contribution in [0.15, 0.2) is 42.5 Å². The van der Waals surface area contributed by atoms with Gasteiger partial charge in [0.2, 0.25) is 5.91 Å². The van der Waals surface area contributed by atoms with Gasteiger partial charge in [-0.15, -0.1) is 0 Å². The number of carbonyl (C=O) groups excluding carboxylic acids is 3. The van der Waals surface area contributed by atoms with Crippen LogP contribution in [0.25, 0.3) is 22.2 Å². The molecule has 54 heavy (non-hydrogen) atoms. The monoisotopic (exact) mass is 873 g/mol. The summed E-state index contributed by atoms with van der Waals surface area (Å²) in [5, 5.41) is 1.01. The third kappa shape index (κ3) is 5.99. The summed E-state index contributed by atoms with van der Waals surface area (Å²) in [5.74, 6) is 0.406. The fourth-order valence-electron chi connectivity index (χ4n) is 9.80. The Morgan fingerprint density at radius 3 is 2.15 bits per heavy atom. The number of nitrogens with zero attached hydrogens (tertiary/aromatic N) is 4. The molecule has 3 saturated heterocycles. The van der Waals surface area contributed by atoms with Crippen LogP contribution < -0.4 is 9.46 Å². The van der Waals surface area contributed by atoms with Gasteiger partial charge in [-0.2, -0.15) is 12.7 Å². The number of carbonyl (C=O) groups is 3. The summed E-state index contributed by atoms with van der Waals surface area (Å²) in [5.41, 5.74) is 2.86. The Kier molecular flexibility index (Phi) is 9.49. The van der Waals surface area contributed by atoms with E-state index in [1.807, 2.05) is 23.1 Å². The zero-order valence-corrected chi connectivity index (χ0v) is 34.2. The molecule has 3 amide bonds. The van der Waals surface area contributed by atoms with Crippen LogP contribution in [0, 0.1) is 16.2 Å². The Labute approximate surface area is 329 Å². The smallest absolute Gasteiger partial charge is 0.409 e. The Morgan fingerprint density at radius 1 is 0.944 bits per heavy atom. The first-order valence-electron chi connectivity index (χ1n) is 18.7. The van der Waals surface area contributed by atoms with E-state index in [9.17, 15) is 18.0 Å². The molecule has 8 rings (SSSR count). The van der Waals surface area contributed by atoms with Gasteiger partial charge in [0.15, 0.2) is 0 Å². The maximum absolute atomic E-state index is 15.1. The molecule has 3 aromatic rings. The van der Waals surface area contributed by atoms with E-state index in [1.54, 1.807) is 24.1 Å². The van der Waals surface area contributed by atoms with Crippen molar-refractivity contribution in [2.24, 2.45) is 16.2 Å². The molecule has 13 nitrogen and oxygen atoms in total.